The predicted molar refractivity (Wildman–Crippen MR) is 81.0 cm³/mol. The maximum atomic E-state index is 13.0. The van der Waals surface area contributed by atoms with E-state index in [0.29, 0.717) is 11.4 Å². The number of aliphatic hydroxyl groups excluding tert-OH is 1. The first-order valence-electron chi connectivity index (χ1n) is 6.87. The summed E-state index contributed by atoms with van der Waals surface area (Å²) in [5, 5.41) is 10.8. The van der Waals surface area contributed by atoms with Crippen LogP contribution >= 0.6 is 22.9 Å². The summed E-state index contributed by atoms with van der Waals surface area (Å²) >= 11 is 7.72. The lowest BCUT2D eigenvalue weighted by Crippen LogP contribution is -2.00. The van der Waals surface area contributed by atoms with Crippen molar-refractivity contribution in [1.82, 2.24) is 0 Å². The average Bonchev–Trinajstić information content (AvgIpc) is 2.86. The van der Waals surface area contributed by atoms with E-state index in [1.807, 2.05) is 0 Å². The summed E-state index contributed by atoms with van der Waals surface area (Å²) in [6.45, 7) is 0. The van der Waals surface area contributed by atoms with E-state index in [1.165, 1.54) is 35.4 Å². The molecular formula is C16H16ClFOS. The molecule has 1 aromatic carbocycles. The van der Waals surface area contributed by atoms with Crippen molar-refractivity contribution >= 4 is 22.9 Å². The Bertz CT molecular complexity index is 599. The third kappa shape index (κ3) is 2.90. The van der Waals surface area contributed by atoms with Gasteiger partial charge in [0.25, 0.3) is 0 Å². The number of hydrogen-bond acceptors (Lipinski definition) is 2. The number of hydrogen-bond donors (Lipinski definition) is 1. The largest absolute Gasteiger partial charge is 0.387 e. The molecule has 0 amide bonds. The highest BCUT2D eigenvalue weighted by Crippen LogP contribution is 2.34. The average molecular weight is 311 g/mol. The van der Waals surface area contributed by atoms with Gasteiger partial charge >= 0.3 is 0 Å². The number of aliphatic hydroxyl groups is 1. The van der Waals surface area contributed by atoms with E-state index in [4.69, 9.17) is 11.6 Å². The van der Waals surface area contributed by atoms with E-state index < -0.39 is 6.10 Å². The van der Waals surface area contributed by atoms with Crippen LogP contribution in [0.1, 0.15) is 39.8 Å². The molecule has 1 nitrogen and oxygen atoms in total. The van der Waals surface area contributed by atoms with Crippen LogP contribution in [-0.4, -0.2) is 5.11 Å². The second-order valence-corrected chi connectivity index (χ2v) is 6.84. The molecule has 20 heavy (non-hydrogen) atoms. The van der Waals surface area contributed by atoms with Gasteiger partial charge < -0.3 is 5.11 Å². The first-order chi connectivity index (χ1) is 9.63. The Kier molecular flexibility index (Phi) is 4.11. The molecule has 0 saturated carbocycles. The number of aryl methyl sites for hydroxylation is 2. The van der Waals surface area contributed by atoms with Crippen molar-refractivity contribution in [2.45, 2.75) is 38.2 Å². The molecule has 1 N–H and O–H groups in total. The van der Waals surface area contributed by atoms with E-state index in [-0.39, 0.29) is 5.82 Å². The van der Waals surface area contributed by atoms with Crippen LogP contribution in [0, 0.1) is 5.82 Å². The second kappa shape index (κ2) is 5.84. The Morgan fingerprint density at radius 2 is 2.05 bits per heavy atom. The lowest BCUT2D eigenvalue weighted by molar-refractivity contribution is 0.182. The zero-order valence-corrected chi connectivity index (χ0v) is 12.6. The van der Waals surface area contributed by atoms with Crippen LogP contribution in [0.4, 0.5) is 4.39 Å². The van der Waals surface area contributed by atoms with Gasteiger partial charge in [0.1, 0.15) is 5.82 Å². The van der Waals surface area contributed by atoms with Gasteiger partial charge in [-0.05, 0) is 55.0 Å². The lowest BCUT2D eigenvalue weighted by Gasteiger charge is -2.10. The summed E-state index contributed by atoms with van der Waals surface area (Å²) in [4.78, 5) is 2.41. The standard InChI is InChI=1S/C16H16ClFOS/c17-13-9-12(18)6-5-10(13)7-14(19)16-8-11-3-1-2-4-15(11)20-16/h5-6,8-9,14,19H,1-4,7H2. The summed E-state index contributed by atoms with van der Waals surface area (Å²) in [5.41, 5.74) is 2.17. The minimum atomic E-state index is -0.562. The van der Waals surface area contributed by atoms with Gasteiger partial charge in [0.2, 0.25) is 0 Å². The molecule has 106 valence electrons. The molecule has 1 atom stereocenters. The highest BCUT2D eigenvalue weighted by atomic mass is 35.5. The first-order valence-corrected chi connectivity index (χ1v) is 8.06. The summed E-state index contributed by atoms with van der Waals surface area (Å²) in [7, 11) is 0. The molecule has 0 fully saturated rings. The number of halogens is 2. The Hall–Kier alpha value is -0.900. The van der Waals surface area contributed by atoms with Crippen LogP contribution < -0.4 is 0 Å². The minimum absolute atomic E-state index is 0.347. The molecule has 1 unspecified atom stereocenters. The highest BCUT2D eigenvalue weighted by Gasteiger charge is 2.18. The number of fused-ring (bicyclic) bond motifs is 1. The smallest absolute Gasteiger partial charge is 0.124 e. The SMILES string of the molecule is OC(Cc1ccc(F)cc1Cl)c1cc2c(s1)CCCC2. The van der Waals surface area contributed by atoms with Crippen molar-refractivity contribution in [3.63, 3.8) is 0 Å². The van der Waals surface area contributed by atoms with Gasteiger partial charge in [-0.25, -0.2) is 4.39 Å². The van der Waals surface area contributed by atoms with Crippen LogP contribution in [-0.2, 0) is 19.3 Å². The molecule has 0 spiro atoms. The fourth-order valence-electron chi connectivity index (χ4n) is 2.67. The molecule has 0 aliphatic heterocycles. The number of benzene rings is 1. The van der Waals surface area contributed by atoms with Crippen LogP contribution in [0.2, 0.25) is 5.02 Å². The molecule has 1 aliphatic carbocycles. The van der Waals surface area contributed by atoms with E-state index in [2.05, 4.69) is 6.07 Å². The fourth-order valence-corrected chi connectivity index (χ4v) is 4.16. The predicted octanol–water partition coefficient (Wildman–Crippen LogP) is 4.70. The van der Waals surface area contributed by atoms with E-state index in [0.717, 1.165) is 23.3 Å². The third-order valence-electron chi connectivity index (χ3n) is 3.77. The second-order valence-electron chi connectivity index (χ2n) is 5.26. The number of rotatable bonds is 3. The molecule has 0 saturated heterocycles. The summed E-state index contributed by atoms with van der Waals surface area (Å²) in [6, 6.07) is 6.45. The van der Waals surface area contributed by atoms with E-state index in [1.54, 1.807) is 17.4 Å². The van der Waals surface area contributed by atoms with E-state index >= 15 is 0 Å². The molecule has 1 aromatic heterocycles. The van der Waals surface area contributed by atoms with Gasteiger partial charge in [0.05, 0.1) is 6.10 Å². The van der Waals surface area contributed by atoms with Crippen molar-refractivity contribution in [3.05, 3.63) is 56.0 Å². The maximum absolute atomic E-state index is 13.0. The zero-order valence-electron chi connectivity index (χ0n) is 11.0. The van der Waals surface area contributed by atoms with Crippen molar-refractivity contribution in [1.29, 1.82) is 0 Å². The van der Waals surface area contributed by atoms with E-state index in [9.17, 15) is 9.50 Å². The van der Waals surface area contributed by atoms with Crippen LogP contribution in [0.25, 0.3) is 0 Å². The zero-order chi connectivity index (χ0) is 14.1. The molecule has 2 aromatic rings. The molecule has 1 aliphatic rings. The third-order valence-corrected chi connectivity index (χ3v) is 5.46. The Morgan fingerprint density at radius 1 is 1.25 bits per heavy atom. The van der Waals surface area contributed by atoms with Gasteiger partial charge in [-0.1, -0.05) is 17.7 Å². The van der Waals surface area contributed by atoms with Crippen LogP contribution in [0.5, 0.6) is 0 Å². The van der Waals surface area contributed by atoms with Crippen molar-refractivity contribution in [2.75, 3.05) is 0 Å². The first kappa shape index (κ1) is 14.1. The molecule has 4 heteroatoms. The summed E-state index contributed by atoms with van der Waals surface area (Å²) < 4.78 is 13.0. The monoisotopic (exact) mass is 310 g/mol. The molecule has 0 radical (unpaired) electrons. The Balaban J connectivity index is 1.78. The van der Waals surface area contributed by atoms with Gasteiger partial charge in [-0.2, -0.15) is 0 Å². The minimum Gasteiger partial charge on any atom is -0.387 e. The molecule has 3 rings (SSSR count). The summed E-state index contributed by atoms with van der Waals surface area (Å²) in [6.07, 6.45) is 4.60. The molecule has 0 bridgehead atoms. The highest BCUT2D eigenvalue weighted by molar-refractivity contribution is 7.12. The Labute approximate surface area is 127 Å². The molecule has 1 heterocycles. The maximum Gasteiger partial charge on any atom is 0.124 e. The Morgan fingerprint density at radius 3 is 2.80 bits per heavy atom. The lowest BCUT2D eigenvalue weighted by atomic mass is 9.98. The normalized spacial score (nSPS) is 15.9. The van der Waals surface area contributed by atoms with Crippen molar-refractivity contribution in [2.24, 2.45) is 0 Å². The summed E-state index contributed by atoms with van der Waals surface area (Å²) in [5.74, 6) is -0.347. The van der Waals surface area contributed by atoms with Crippen molar-refractivity contribution < 1.29 is 9.50 Å². The quantitative estimate of drug-likeness (QED) is 0.871. The van der Waals surface area contributed by atoms with Gasteiger partial charge in [-0.3, -0.25) is 0 Å². The van der Waals surface area contributed by atoms with Crippen LogP contribution in [0.15, 0.2) is 24.3 Å². The fraction of sp³-hybridized carbons (Fsp3) is 0.375. The topological polar surface area (TPSA) is 20.2 Å². The van der Waals surface area contributed by atoms with Gasteiger partial charge in [0, 0.05) is 21.2 Å². The van der Waals surface area contributed by atoms with Crippen LogP contribution in [0.3, 0.4) is 0 Å². The van der Waals surface area contributed by atoms with Gasteiger partial charge in [-0.15, -0.1) is 11.3 Å². The van der Waals surface area contributed by atoms with Crippen molar-refractivity contribution in [3.8, 4) is 0 Å². The van der Waals surface area contributed by atoms with Gasteiger partial charge in [0.15, 0.2) is 0 Å². The molecular weight excluding hydrogens is 295 g/mol. The number of thiophene rings is 1.